The molecule has 1 aromatic carbocycles. The van der Waals surface area contributed by atoms with Gasteiger partial charge in [-0.2, -0.15) is 5.26 Å². The predicted octanol–water partition coefficient (Wildman–Crippen LogP) is 2.75. The van der Waals surface area contributed by atoms with Crippen LogP contribution in [-0.2, 0) is 11.2 Å². The lowest BCUT2D eigenvalue weighted by molar-refractivity contribution is -0.130. The van der Waals surface area contributed by atoms with E-state index in [2.05, 4.69) is 6.07 Å². The molecule has 0 fully saturated rings. The highest BCUT2D eigenvalue weighted by Gasteiger charge is 2.41. The number of rotatable bonds is 2. The van der Waals surface area contributed by atoms with E-state index in [0.717, 1.165) is 23.2 Å². The molecule has 0 spiro atoms. The van der Waals surface area contributed by atoms with E-state index in [4.69, 9.17) is 9.47 Å². The van der Waals surface area contributed by atoms with E-state index in [1.807, 2.05) is 26.0 Å². The van der Waals surface area contributed by atoms with Crippen LogP contribution in [0.15, 0.2) is 17.7 Å². The zero-order valence-electron chi connectivity index (χ0n) is 13.9. The van der Waals surface area contributed by atoms with E-state index in [-0.39, 0.29) is 5.91 Å². The molecule has 0 N–H and O–H groups in total. The van der Waals surface area contributed by atoms with Crippen molar-refractivity contribution in [3.8, 4) is 17.6 Å². The molecular formula is C18H20N2O3. The summed E-state index contributed by atoms with van der Waals surface area (Å²) < 4.78 is 10.8. The van der Waals surface area contributed by atoms with Crippen molar-refractivity contribution in [2.24, 2.45) is 5.41 Å². The molecule has 0 atom stereocenters. The van der Waals surface area contributed by atoms with Gasteiger partial charge in [0.2, 0.25) is 5.91 Å². The van der Waals surface area contributed by atoms with Crippen LogP contribution in [0.25, 0.3) is 5.70 Å². The number of amides is 1. The van der Waals surface area contributed by atoms with Crippen molar-refractivity contribution in [1.29, 1.82) is 5.26 Å². The van der Waals surface area contributed by atoms with Gasteiger partial charge in [-0.25, -0.2) is 0 Å². The molecule has 0 unspecified atom stereocenters. The van der Waals surface area contributed by atoms with Gasteiger partial charge in [-0.15, -0.1) is 0 Å². The number of nitriles is 1. The Morgan fingerprint density at radius 2 is 1.87 bits per heavy atom. The van der Waals surface area contributed by atoms with Crippen LogP contribution in [0.3, 0.4) is 0 Å². The average Bonchev–Trinajstić information content (AvgIpc) is 2.52. The summed E-state index contributed by atoms with van der Waals surface area (Å²) in [6, 6.07) is 6.16. The van der Waals surface area contributed by atoms with Gasteiger partial charge in [-0.05, 0) is 24.1 Å². The van der Waals surface area contributed by atoms with Crippen molar-refractivity contribution in [3.05, 3.63) is 28.8 Å². The maximum absolute atomic E-state index is 12.5. The third-order valence-corrected chi connectivity index (χ3v) is 4.66. The molecule has 23 heavy (non-hydrogen) atoms. The lowest BCUT2D eigenvalue weighted by Gasteiger charge is -2.41. The van der Waals surface area contributed by atoms with Gasteiger partial charge in [-0.1, -0.05) is 13.8 Å². The number of benzene rings is 1. The molecule has 120 valence electrons. The van der Waals surface area contributed by atoms with Crippen LogP contribution >= 0.6 is 0 Å². The molecule has 1 aromatic rings. The molecule has 0 radical (unpaired) electrons. The van der Waals surface area contributed by atoms with E-state index in [1.54, 1.807) is 19.1 Å². The molecule has 2 aliphatic rings. The molecule has 0 aromatic heterocycles. The van der Waals surface area contributed by atoms with Gasteiger partial charge in [0.1, 0.15) is 0 Å². The topological polar surface area (TPSA) is 62.6 Å². The zero-order valence-corrected chi connectivity index (χ0v) is 13.9. The normalized spacial score (nSPS) is 18.9. The Balaban J connectivity index is 2.30. The lowest BCUT2D eigenvalue weighted by Crippen LogP contribution is -2.43. The maximum Gasteiger partial charge on any atom is 0.227 e. The summed E-state index contributed by atoms with van der Waals surface area (Å²) in [4.78, 5) is 14.3. The molecular weight excluding hydrogens is 292 g/mol. The van der Waals surface area contributed by atoms with Crippen LogP contribution in [0.1, 0.15) is 31.4 Å². The van der Waals surface area contributed by atoms with Gasteiger partial charge in [-0.3, -0.25) is 4.79 Å². The van der Waals surface area contributed by atoms with Crippen LogP contribution in [0.5, 0.6) is 11.5 Å². The molecule has 2 aliphatic heterocycles. The van der Waals surface area contributed by atoms with E-state index in [0.29, 0.717) is 30.0 Å². The first-order chi connectivity index (χ1) is 10.9. The fourth-order valence-corrected chi connectivity index (χ4v) is 3.44. The minimum atomic E-state index is -0.459. The average molecular weight is 312 g/mol. The predicted molar refractivity (Wildman–Crippen MR) is 85.9 cm³/mol. The van der Waals surface area contributed by atoms with E-state index >= 15 is 0 Å². The van der Waals surface area contributed by atoms with Crippen molar-refractivity contribution in [2.75, 3.05) is 20.8 Å². The quantitative estimate of drug-likeness (QED) is 0.842. The molecule has 3 rings (SSSR count). The van der Waals surface area contributed by atoms with Gasteiger partial charge < -0.3 is 14.4 Å². The summed E-state index contributed by atoms with van der Waals surface area (Å²) in [6.07, 6.45) is 1.10. The Bertz CT molecular complexity index is 756. The third kappa shape index (κ3) is 2.26. The molecule has 5 nitrogen and oxygen atoms in total. The number of carbonyl (C=O) groups is 1. The number of carbonyl (C=O) groups excluding carboxylic acids is 1. The molecule has 1 amide bonds. The highest BCUT2D eigenvalue weighted by molar-refractivity contribution is 5.94. The smallest absolute Gasteiger partial charge is 0.227 e. The highest BCUT2D eigenvalue weighted by atomic mass is 16.5. The number of hydrogen-bond acceptors (Lipinski definition) is 4. The standard InChI is InChI=1S/C18H20N2O3/c1-18(2)9-16(21)20-6-5-11-7-14(22-3)15(23-4)8-12(11)17(20)13(18)10-19/h7-8H,5-6,9H2,1-4H3. The fraction of sp³-hybridized carbons (Fsp3) is 0.444. The minimum Gasteiger partial charge on any atom is -0.493 e. The summed E-state index contributed by atoms with van der Waals surface area (Å²) in [7, 11) is 3.19. The molecule has 0 bridgehead atoms. The minimum absolute atomic E-state index is 0.0736. The van der Waals surface area contributed by atoms with Gasteiger partial charge in [0.15, 0.2) is 11.5 Å². The molecule has 0 aliphatic carbocycles. The van der Waals surface area contributed by atoms with Crippen molar-refractivity contribution in [3.63, 3.8) is 0 Å². The maximum atomic E-state index is 12.5. The first-order valence-electron chi connectivity index (χ1n) is 7.63. The SMILES string of the molecule is COc1cc2c(cc1OC)C1=C(C#N)C(C)(C)CC(=O)N1CC2. The van der Waals surface area contributed by atoms with Crippen LogP contribution in [0.2, 0.25) is 0 Å². The molecule has 2 heterocycles. The van der Waals surface area contributed by atoms with E-state index < -0.39 is 5.41 Å². The van der Waals surface area contributed by atoms with E-state index in [1.165, 1.54) is 0 Å². The molecule has 0 saturated carbocycles. The van der Waals surface area contributed by atoms with Crippen molar-refractivity contribution >= 4 is 11.6 Å². The first-order valence-corrected chi connectivity index (χ1v) is 7.63. The summed E-state index contributed by atoms with van der Waals surface area (Å²) in [5.74, 6) is 1.35. The Kier molecular flexibility index (Phi) is 3.56. The number of ether oxygens (including phenoxy) is 2. The van der Waals surface area contributed by atoms with Crippen LogP contribution in [0, 0.1) is 16.7 Å². The number of nitrogens with zero attached hydrogens (tertiary/aromatic N) is 2. The van der Waals surface area contributed by atoms with Crippen LogP contribution in [0.4, 0.5) is 0 Å². The van der Waals surface area contributed by atoms with Gasteiger partial charge in [0, 0.05) is 23.9 Å². The fourth-order valence-electron chi connectivity index (χ4n) is 3.44. The lowest BCUT2D eigenvalue weighted by atomic mass is 9.74. The van der Waals surface area contributed by atoms with E-state index in [9.17, 15) is 10.1 Å². The Labute approximate surface area is 136 Å². The van der Waals surface area contributed by atoms with Crippen LogP contribution < -0.4 is 9.47 Å². The van der Waals surface area contributed by atoms with Gasteiger partial charge >= 0.3 is 0 Å². The Morgan fingerprint density at radius 3 is 2.48 bits per heavy atom. The van der Waals surface area contributed by atoms with Crippen molar-refractivity contribution < 1.29 is 14.3 Å². The second kappa shape index (κ2) is 5.31. The van der Waals surface area contributed by atoms with Crippen molar-refractivity contribution in [2.45, 2.75) is 26.7 Å². The Morgan fingerprint density at radius 1 is 1.22 bits per heavy atom. The molecule has 5 heteroatoms. The Hall–Kier alpha value is -2.48. The summed E-state index contributed by atoms with van der Waals surface area (Å²) in [6.45, 7) is 4.49. The third-order valence-electron chi connectivity index (χ3n) is 4.66. The first kappa shape index (κ1) is 15.4. The number of fused-ring (bicyclic) bond motifs is 3. The number of hydrogen-bond donors (Lipinski definition) is 0. The second-order valence-electron chi connectivity index (χ2n) is 6.56. The summed E-state index contributed by atoms with van der Waals surface area (Å²) in [5, 5.41) is 9.70. The summed E-state index contributed by atoms with van der Waals surface area (Å²) in [5.41, 5.74) is 2.90. The van der Waals surface area contributed by atoms with Gasteiger partial charge in [0.05, 0.1) is 31.6 Å². The zero-order chi connectivity index (χ0) is 16.8. The second-order valence-corrected chi connectivity index (χ2v) is 6.56. The number of allylic oxidation sites excluding steroid dienone is 1. The monoisotopic (exact) mass is 312 g/mol. The largest absolute Gasteiger partial charge is 0.493 e. The van der Waals surface area contributed by atoms with Gasteiger partial charge in [0.25, 0.3) is 0 Å². The highest BCUT2D eigenvalue weighted by Crippen LogP contribution is 2.46. The van der Waals surface area contributed by atoms with Crippen LogP contribution in [-0.4, -0.2) is 31.6 Å². The summed E-state index contributed by atoms with van der Waals surface area (Å²) >= 11 is 0. The van der Waals surface area contributed by atoms with Crippen molar-refractivity contribution in [1.82, 2.24) is 4.90 Å². The number of methoxy groups -OCH3 is 2. The molecule has 0 saturated heterocycles.